The number of hydrogen-bond acceptors (Lipinski definition) is 2. The topological polar surface area (TPSA) is 38.3 Å². The van der Waals surface area contributed by atoms with Crippen LogP contribution in [0.3, 0.4) is 0 Å². The molecule has 0 saturated heterocycles. The molecule has 0 fully saturated rings. The Morgan fingerprint density at radius 1 is 0.960 bits per heavy atom. The van der Waals surface area contributed by atoms with Gasteiger partial charge >= 0.3 is 0 Å². The Labute approximate surface area is 151 Å². The Bertz CT molecular complexity index is 712. The molecule has 0 radical (unpaired) electrons. The summed E-state index contributed by atoms with van der Waals surface area (Å²) < 4.78 is 5.75. The van der Waals surface area contributed by atoms with E-state index < -0.39 is 0 Å². The smallest absolute Gasteiger partial charge is 0.255 e. The van der Waals surface area contributed by atoms with Gasteiger partial charge in [-0.25, -0.2) is 0 Å². The van der Waals surface area contributed by atoms with E-state index in [1.165, 1.54) is 5.56 Å². The molecule has 0 aliphatic heterocycles. The first-order valence-corrected chi connectivity index (χ1v) is 8.85. The van der Waals surface area contributed by atoms with Crippen LogP contribution < -0.4 is 10.1 Å². The Morgan fingerprint density at radius 3 is 2.12 bits per heavy atom. The maximum Gasteiger partial charge on any atom is 0.255 e. The maximum absolute atomic E-state index is 12.7. The molecule has 0 saturated carbocycles. The van der Waals surface area contributed by atoms with Crippen molar-refractivity contribution < 1.29 is 9.53 Å². The second-order valence-electron chi connectivity index (χ2n) is 7.73. The van der Waals surface area contributed by atoms with Gasteiger partial charge in [-0.2, -0.15) is 0 Å². The highest BCUT2D eigenvalue weighted by Crippen LogP contribution is 2.25. The third-order valence-corrected chi connectivity index (χ3v) is 4.12. The molecule has 0 bridgehead atoms. The molecule has 2 rings (SSSR count). The van der Waals surface area contributed by atoms with Crippen molar-refractivity contribution in [3.63, 3.8) is 0 Å². The van der Waals surface area contributed by atoms with E-state index >= 15 is 0 Å². The minimum atomic E-state index is -0.122. The fourth-order valence-electron chi connectivity index (χ4n) is 2.64. The zero-order valence-electron chi connectivity index (χ0n) is 16.1. The van der Waals surface area contributed by atoms with Crippen molar-refractivity contribution in [2.24, 2.45) is 0 Å². The van der Waals surface area contributed by atoms with Crippen LogP contribution in [0.15, 0.2) is 48.5 Å². The number of nitrogens with one attached hydrogen (secondary N) is 1. The van der Waals surface area contributed by atoms with Crippen LogP contribution in [0.25, 0.3) is 0 Å². The van der Waals surface area contributed by atoms with Gasteiger partial charge in [0, 0.05) is 0 Å². The van der Waals surface area contributed by atoms with Crippen molar-refractivity contribution in [1.82, 2.24) is 5.32 Å². The molecule has 0 heterocycles. The number of hydrogen-bond donors (Lipinski definition) is 1. The minimum Gasteiger partial charge on any atom is -0.490 e. The lowest BCUT2D eigenvalue weighted by atomic mass is 9.86. The molecule has 0 aromatic heterocycles. The standard InChI is InChI=1S/C22H29NO2/c1-15(2)25-20-10-8-7-9-19(20)21(24)23-16(3)17-11-13-18(14-12-17)22(4,5)6/h7-16H,1-6H3,(H,23,24)/t16-/m0/s1. The van der Waals surface area contributed by atoms with Gasteiger partial charge in [0.05, 0.1) is 17.7 Å². The third-order valence-electron chi connectivity index (χ3n) is 4.12. The number of amides is 1. The summed E-state index contributed by atoms with van der Waals surface area (Å²) in [4.78, 5) is 12.7. The Morgan fingerprint density at radius 2 is 1.56 bits per heavy atom. The summed E-state index contributed by atoms with van der Waals surface area (Å²) in [5, 5.41) is 3.07. The zero-order valence-corrected chi connectivity index (χ0v) is 16.1. The summed E-state index contributed by atoms with van der Waals surface area (Å²) in [6, 6.07) is 15.7. The van der Waals surface area contributed by atoms with Crippen molar-refractivity contribution in [3.05, 3.63) is 65.2 Å². The lowest BCUT2D eigenvalue weighted by Gasteiger charge is -2.21. The predicted molar refractivity (Wildman–Crippen MR) is 103 cm³/mol. The second kappa shape index (κ2) is 7.73. The largest absolute Gasteiger partial charge is 0.490 e. The van der Waals surface area contributed by atoms with Gasteiger partial charge in [0.2, 0.25) is 0 Å². The summed E-state index contributed by atoms with van der Waals surface area (Å²) in [5.41, 5.74) is 3.06. The molecule has 0 spiro atoms. The summed E-state index contributed by atoms with van der Waals surface area (Å²) in [6.07, 6.45) is 0.0244. The first-order chi connectivity index (χ1) is 11.7. The molecule has 0 aliphatic rings. The summed E-state index contributed by atoms with van der Waals surface area (Å²) in [6.45, 7) is 12.5. The average Bonchev–Trinajstić information content (AvgIpc) is 2.54. The van der Waals surface area contributed by atoms with Crippen LogP contribution in [0, 0.1) is 0 Å². The lowest BCUT2D eigenvalue weighted by molar-refractivity contribution is 0.0934. The number of ether oxygens (including phenoxy) is 1. The van der Waals surface area contributed by atoms with E-state index in [2.05, 4.69) is 50.4 Å². The van der Waals surface area contributed by atoms with Crippen LogP contribution in [0.2, 0.25) is 0 Å². The number of carbonyl (C=O) groups excluding carboxylic acids is 1. The lowest BCUT2D eigenvalue weighted by Crippen LogP contribution is -2.27. The van der Waals surface area contributed by atoms with Gasteiger partial charge in [-0.3, -0.25) is 4.79 Å². The average molecular weight is 339 g/mol. The third kappa shape index (κ3) is 5.09. The molecule has 0 unspecified atom stereocenters. The Balaban J connectivity index is 2.13. The quantitative estimate of drug-likeness (QED) is 0.806. The van der Waals surface area contributed by atoms with Crippen molar-refractivity contribution in [3.8, 4) is 5.75 Å². The maximum atomic E-state index is 12.7. The highest BCUT2D eigenvalue weighted by atomic mass is 16.5. The van der Waals surface area contributed by atoms with Gasteiger partial charge in [0.15, 0.2) is 0 Å². The number of benzene rings is 2. The van der Waals surface area contributed by atoms with E-state index in [1.807, 2.05) is 39.0 Å². The molecule has 2 aromatic carbocycles. The van der Waals surface area contributed by atoms with Crippen LogP contribution in [0.4, 0.5) is 0 Å². The van der Waals surface area contributed by atoms with Crippen molar-refractivity contribution in [1.29, 1.82) is 0 Å². The van der Waals surface area contributed by atoms with E-state index in [1.54, 1.807) is 6.07 Å². The van der Waals surface area contributed by atoms with E-state index in [4.69, 9.17) is 4.74 Å². The molecule has 1 N–H and O–H groups in total. The number of carbonyl (C=O) groups is 1. The van der Waals surface area contributed by atoms with E-state index in [0.717, 1.165) is 5.56 Å². The van der Waals surface area contributed by atoms with Crippen molar-refractivity contribution >= 4 is 5.91 Å². The molecular formula is C22H29NO2. The predicted octanol–water partition coefficient (Wildman–Crippen LogP) is 5.26. The SMILES string of the molecule is CC(C)Oc1ccccc1C(=O)N[C@@H](C)c1ccc(C(C)(C)C)cc1. The van der Waals surface area contributed by atoms with Gasteiger partial charge < -0.3 is 10.1 Å². The van der Waals surface area contributed by atoms with Crippen molar-refractivity contribution in [2.45, 2.75) is 59.1 Å². The molecule has 3 heteroatoms. The van der Waals surface area contributed by atoms with Crippen LogP contribution in [0.1, 0.15) is 69.1 Å². The number of rotatable bonds is 5. The number of para-hydroxylation sites is 1. The molecule has 3 nitrogen and oxygen atoms in total. The fourth-order valence-corrected chi connectivity index (χ4v) is 2.64. The van der Waals surface area contributed by atoms with E-state index in [-0.39, 0.29) is 23.5 Å². The second-order valence-corrected chi connectivity index (χ2v) is 7.73. The van der Waals surface area contributed by atoms with E-state index in [0.29, 0.717) is 11.3 Å². The first-order valence-electron chi connectivity index (χ1n) is 8.85. The molecule has 1 atom stereocenters. The monoisotopic (exact) mass is 339 g/mol. The Kier molecular flexibility index (Phi) is 5.89. The van der Waals surface area contributed by atoms with Gasteiger partial charge in [-0.05, 0) is 49.4 Å². The van der Waals surface area contributed by atoms with Crippen LogP contribution in [-0.2, 0) is 5.41 Å². The van der Waals surface area contributed by atoms with Crippen LogP contribution in [-0.4, -0.2) is 12.0 Å². The molecule has 1 amide bonds. The highest BCUT2D eigenvalue weighted by Gasteiger charge is 2.17. The molecule has 2 aromatic rings. The van der Waals surface area contributed by atoms with Crippen LogP contribution in [0.5, 0.6) is 5.75 Å². The summed E-state index contributed by atoms with van der Waals surface area (Å²) in [5.74, 6) is 0.494. The van der Waals surface area contributed by atoms with Gasteiger partial charge in [-0.15, -0.1) is 0 Å². The van der Waals surface area contributed by atoms with E-state index in [9.17, 15) is 4.79 Å². The fraction of sp³-hybridized carbons (Fsp3) is 0.409. The van der Waals surface area contributed by atoms with Crippen molar-refractivity contribution in [2.75, 3.05) is 0 Å². The molecule has 0 aliphatic carbocycles. The molecular weight excluding hydrogens is 310 g/mol. The highest BCUT2D eigenvalue weighted by molar-refractivity contribution is 5.97. The van der Waals surface area contributed by atoms with Gasteiger partial charge in [0.25, 0.3) is 5.91 Å². The first kappa shape index (κ1) is 19.0. The summed E-state index contributed by atoms with van der Waals surface area (Å²) in [7, 11) is 0. The zero-order chi connectivity index (χ0) is 18.6. The summed E-state index contributed by atoms with van der Waals surface area (Å²) >= 11 is 0. The van der Waals surface area contributed by atoms with Crippen LogP contribution >= 0.6 is 0 Å². The van der Waals surface area contributed by atoms with Gasteiger partial charge in [0.1, 0.15) is 5.75 Å². The molecule has 134 valence electrons. The van der Waals surface area contributed by atoms with Gasteiger partial charge in [-0.1, -0.05) is 57.2 Å². The molecule has 25 heavy (non-hydrogen) atoms. The minimum absolute atomic E-state index is 0.0244. The Hall–Kier alpha value is -2.29. The normalized spacial score (nSPS) is 12.8.